The molecule has 2 N–H and O–H groups in total. The van der Waals surface area contributed by atoms with Crippen LogP contribution >= 0.6 is 0 Å². The summed E-state index contributed by atoms with van der Waals surface area (Å²) in [5, 5.41) is 0. The van der Waals surface area contributed by atoms with Crippen LogP contribution in [0.1, 0.15) is 0 Å². The Hall–Kier alpha value is -1.69. The minimum atomic E-state index is -0.192. The van der Waals surface area contributed by atoms with Crippen molar-refractivity contribution >= 4 is 11.2 Å². The van der Waals surface area contributed by atoms with E-state index in [-0.39, 0.29) is 11.0 Å². The monoisotopic (exact) mass is 152 g/mol. The largest absolute Gasteiger partial charge is 0.339 e. The first-order chi connectivity index (χ1) is 4.88. The summed E-state index contributed by atoms with van der Waals surface area (Å²) in [5.41, 5.74) is 0.675. The molecular formula is C5H4N4O2. The minimum Gasteiger partial charge on any atom is -0.339 e. The Morgan fingerprint density at radius 2 is 1.82 bits per heavy atom. The first-order valence-corrected chi connectivity index (χ1v) is 2.75. The lowest BCUT2D eigenvalue weighted by atomic mass is 10.6. The van der Waals surface area contributed by atoms with E-state index in [0.717, 1.165) is 0 Å². The van der Waals surface area contributed by atoms with Crippen molar-refractivity contribution in [1.82, 2.24) is 19.9 Å². The Balaban J connectivity index is 0.000000605. The van der Waals surface area contributed by atoms with E-state index < -0.39 is 0 Å². The molecule has 0 aliphatic rings. The molecule has 0 aliphatic carbocycles. The molecule has 6 heteroatoms. The van der Waals surface area contributed by atoms with E-state index in [1.54, 1.807) is 0 Å². The van der Waals surface area contributed by atoms with Gasteiger partial charge in [0.15, 0.2) is 11.2 Å². The summed E-state index contributed by atoms with van der Waals surface area (Å²) in [4.78, 5) is 23.6. The Labute approximate surface area is 60.6 Å². The smallest absolute Gasteiger partial charge is 0.276 e. The van der Waals surface area contributed by atoms with Crippen LogP contribution in [0, 0.1) is 0 Å². The van der Waals surface area contributed by atoms with Crippen LogP contribution in [0.3, 0.4) is 0 Å². The van der Waals surface area contributed by atoms with E-state index in [9.17, 15) is 4.79 Å². The average molecular weight is 152 g/mol. The SMILES string of the molecule is O=c1[nH]cnc2nc[nH]c12.[O]. The number of rotatable bonds is 0. The molecule has 0 unspecified atom stereocenters. The molecule has 0 bridgehead atoms. The number of nitrogens with one attached hydrogen (secondary N) is 2. The topological polar surface area (TPSA) is 103 Å². The standard InChI is InChI=1S/C5H4N4O.O/c10-5-3-4(7-1-6-3)8-2-9-5;/h1-2H,(H2,6,7,8,9,10);. The van der Waals surface area contributed by atoms with Gasteiger partial charge >= 0.3 is 0 Å². The van der Waals surface area contributed by atoms with E-state index >= 15 is 0 Å². The highest BCUT2D eigenvalue weighted by Crippen LogP contribution is 1.94. The Kier molecular flexibility index (Phi) is 1.69. The van der Waals surface area contributed by atoms with Crippen LogP contribution in [0.2, 0.25) is 0 Å². The maximum atomic E-state index is 10.9. The quantitative estimate of drug-likeness (QED) is 0.533. The Morgan fingerprint density at radius 3 is 2.45 bits per heavy atom. The van der Waals surface area contributed by atoms with Crippen LogP contribution in [0.5, 0.6) is 0 Å². The summed E-state index contributed by atoms with van der Waals surface area (Å²) in [7, 11) is 0. The summed E-state index contributed by atoms with van der Waals surface area (Å²) >= 11 is 0. The molecule has 56 valence electrons. The molecular weight excluding hydrogens is 148 g/mol. The van der Waals surface area contributed by atoms with Crippen LogP contribution in [-0.4, -0.2) is 19.9 Å². The molecule has 0 atom stereocenters. The fourth-order valence-electron chi connectivity index (χ4n) is 0.776. The van der Waals surface area contributed by atoms with Crippen LogP contribution in [0.25, 0.3) is 11.2 Å². The highest BCUT2D eigenvalue weighted by Gasteiger charge is 1.97. The molecule has 0 aromatic carbocycles. The number of H-pyrrole nitrogens is 2. The fraction of sp³-hybridized carbons (Fsp3) is 0. The van der Waals surface area contributed by atoms with Gasteiger partial charge in [-0.1, -0.05) is 0 Å². The van der Waals surface area contributed by atoms with Gasteiger partial charge in [0.1, 0.15) is 0 Å². The van der Waals surface area contributed by atoms with E-state index in [0.29, 0.717) is 11.2 Å². The van der Waals surface area contributed by atoms with Gasteiger partial charge in [-0.05, 0) is 0 Å². The molecule has 2 rings (SSSR count). The van der Waals surface area contributed by atoms with Crippen LogP contribution in [-0.2, 0) is 5.48 Å². The molecule has 2 heterocycles. The molecule has 0 spiro atoms. The normalized spacial score (nSPS) is 9.45. The fourth-order valence-corrected chi connectivity index (χ4v) is 0.776. The Bertz CT molecular complexity index is 404. The second kappa shape index (κ2) is 2.51. The third-order valence-corrected chi connectivity index (χ3v) is 1.23. The molecule has 0 saturated carbocycles. The molecule has 0 aliphatic heterocycles. The number of aromatic nitrogens is 4. The lowest BCUT2D eigenvalue weighted by Crippen LogP contribution is -2.05. The van der Waals surface area contributed by atoms with Gasteiger partial charge in [0, 0.05) is 5.48 Å². The van der Waals surface area contributed by atoms with Crippen molar-refractivity contribution in [1.29, 1.82) is 0 Å². The third-order valence-electron chi connectivity index (χ3n) is 1.23. The second-order valence-electron chi connectivity index (χ2n) is 1.83. The number of hydrogen-bond donors (Lipinski definition) is 2. The van der Waals surface area contributed by atoms with Crippen LogP contribution < -0.4 is 5.56 Å². The molecule has 6 nitrogen and oxygen atoms in total. The summed E-state index contributed by atoms with van der Waals surface area (Å²) in [6, 6.07) is 0. The van der Waals surface area contributed by atoms with Crippen molar-refractivity contribution in [2.24, 2.45) is 0 Å². The number of fused-ring (bicyclic) bond motifs is 1. The lowest BCUT2D eigenvalue weighted by Gasteiger charge is -1.81. The zero-order valence-electron chi connectivity index (χ0n) is 5.37. The van der Waals surface area contributed by atoms with Gasteiger partial charge in [-0.15, -0.1) is 0 Å². The lowest BCUT2D eigenvalue weighted by molar-refractivity contribution is 0.686. The van der Waals surface area contributed by atoms with Crippen molar-refractivity contribution in [2.45, 2.75) is 0 Å². The molecule has 0 saturated heterocycles. The first-order valence-electron chi connectivity index (χ1n) is 2.75. The summed E-state index contributed by atoms with van der Waals surface area (Å²) in [5.74, 6) is 0. The molecule has 0 amide bonds. The summed E-state index contributed by atoms with van der Waals surface area (Å²) in [6.07, 6.45) is 2.76. The van der Waals surface area contributed by atoms with Crippen LogP contribution in [0.15, 0.2) is 17.4 Å². The van der Waals surface area contributed by atoms with E-state index in [2.05, 4.69) is 19.9 Å². The van der Waals surface area contributed by atoms with Gasteiger partial charge in [-0.25, -0.2) is 9.97 Å². The molecule has 2 aromatic heterocycles. The molecule has 0 fully saturated rings. The van der Waals surface area contributed by atoms with Gasteiger partial charge in [-0.3, -0.25) is 4.79 Å². The predicted octanol–water partition coefficient (Wildman–Crippen LogP) is -0.473. The maximum Gasteiger partial charge on any atom is 0.276 e. The average Bonchev–Trinajstić information content (AvgIpc) is 2.36. The highest BCUT2D eigenvalue weighted by molar-refractivity contribution is 5.67. The van der Waals surface area contributed by atoms with Crippen molar-refractivity contribution in [2.75, 3.05) is 0 Å². The minimum absolute atomic E-state index is 0. The van der Waals surface area contributed by atoms with Crippen LogP contribution in [0.4, 0.5) is 0 Å². The zero-order chi connectivity index (χ0) is 6.97. The van der Waals surface area contributed by atoms with E-state index in [4.69, 9.17) is 0 Å². The van der Waals surface area contributed by atoms with Crippen molar-refractivity contribution in [3.05, 3.63) is 23.0 Å². The molecule has 2 radical (unpaired) electrons. The zero-order valence-corrected chi connectivity index (χ0v) is 5.37. The van der Waals surface area contributed by atoms with Gasteiger partial charge in [0.25, 0.3) is 5.56 Å². The first kappa shape index (κ1) is 7.42. The molecule has 2 aromatic rings. The van der Waals surface area contributed by atoms with Gasteiger partial charge in [-0.2, -0.15) is 0 Å². The Morgan fingerprint density at radius 1 is 1.18 bits per heavy atom. The molecule has 11 heavy (non-hydrogen) atoms. The van der Waals surface area contributed by atoms with Crippen molar-refractivity contribution < 1.29 is 5.48 Å². The maximum absolute atomic E-state index is 10.9. The van der Waals surface area contributed by atoms with Gasteiger partial charge < -0.3 is 9.97 Å². The number of hydrogen-bond acceptors (Lipinski definition) is 3. The predicted molar refractivity (Wildman–Crippen MR) is 35.2 cm³/mol. The number of aromatic amines is 2. The highest BCUT2D eigenvalue weighted by atomic mass is 16.1. The summed E-state index contributed by atoms with van der Waals surface area (Å²) in [6.45, 7) is 0. The van der Waals surface area contributed by atoms with E-state index in [1.807, 2.05) is 0 Å². The van der Waals surface area contributed by atoms with Gasteiger partial charge in [0.2, 0.25) is 0 Å². The van der Waals surface area contributed by atoms with Crippen molar-refractivity contribution in [3.63, 3.8) is 0 Å². The van der Waals surface area contributed by atoms with E-state index in [1.165, 1.54) is 12.7 Å². The third kappa shape index (κ3) is 0.987. The number of imidazole rings is 1. The number of nitrogens with zero attached hydrogens (tertiary/aromatic N) is 2. The summed E-state index contributed by atoms with van der Waals surface area (Å²) < 4.78 is 0. The van der Waals surface area contributed by atoms with Crippen molar-refractivity contribution in [3.8, 4) is 0 Å². The van der Waals surface area contributed by atoms with Gasteiger partial charge in [0.05, 0.1) is 12.7 Å². The second-order valence-corrected chi connectivity index (χ2v) is 1.83.